The van der Waals surface area contributed by atoms with Crippen molar-refractivity contribution in [1.29, 1.82) is 0 Å². The third kappa shape index (κ3) is 5.04. The van der Waals surface area contributed by atoms with E-state index < -0.39 is 11.6 Å². The molecule has 1 rings (SSSR count). The second kappa shape index (κ2) is 7.21. The minimum absolute atomic E-state index is 0. The molecular weight excluding hydrogens is 274 g/mol. The lowest BCUT2D eigenvalue weighted by Gasteiger charge is -2.32. The fourth-order valence-corrected chi connectivity index (χ4v) is 2.78. The van der Waals surface area contributed by atoms with Gasteiger partial charge in [0, 0.05) is 17.8 Å². The minimum Gasteiger partial charge on any atom is -0.348 e. The Kier molecular flexibility index (Phi) is 7.02. The van der Waals surface area contributed by atoms with E-state index in [1.807, 2.05) is 6.92 Å². The lowest BCUT2D eigenvalue weighted by Crippen LogP contribution is -2.56. The number of amides is 2. The lowest BCUT2D eigenvalue weighted by molar-refractivity contribution is -0.124. The molecule has 0 aromatic heterocycles. The lowest BCUT2D eigenvalue weighted by atomic mass is 9.90. The molecule has 0 radical (unpaired) electrons. The molecule has 1 heterocycles. The minimum atomic E-state index is -0.425. The van der Waals surface area contributed by atoms with Crippen molar-refractivity contribution in [3.8, 4) is 0 Å². The second-order valence-corrected chi connectivity index (χ2v) is 6.14. The van der Waals surface area contributed by atoms with Crippen LogP contribution in [0.3, 0.4) is 0 Å². The quantitative estimate of drug-likeness (QED) is 0.709. The van der Waals surface area contributed by atoms with Crippen LogP contribution in [0, 0.1) is 5.92 Å². The molecule has 1 fully saturated rings. The van der Waals surface area contributed by atoms with Gasteiger partial charge in [-0.05, 0) is 19.3 Å². The SMILES string of the molecule is CC(C)CC(C)(CN)NC(=O)[C@@H]1CSC(=O)N1.Cl. The Morgan fingerprint density at radius 2 is 2.28 bits per heavy atom. The largest absolute Gasteiger partial charge is 0.348 e. The molecule has 1 unspecified atom stereocenters. The average Bonchev–Trinajstić information content (AvgIpc) is 2.63. The number of carbonyl (C=O) groups is 2. The number of nitrogens with one attached hydrogen (secondary N) is 2. The van der Waals surface area contributed by atoms with Crippen LogP contribution >= 0.6 is 24.2 Å². The molecule has 5 nitrogen and oxygen atoms in total. The van der Waals surface area contributed by atoms with Gasteiger partial charge in [-0.1, -0.05) is 25.6 Å². The molecule has 18 heavy (non-hydrogen) atoms. The Morgan fingerprint density at radius 3 is 2.67 bits per heavy atom. The summed E-state index contributed by atoms with van der Waals surface area (Å²) in [6, 6.07) is -0.425. The van der Waals surface area contributed by atoms with E-state index in [-0.39, 0.29) is 23.6 Å². The number of carbonyl (C=O) groups excluding carboxylic acids is 2. The van der Waals surface area contributed by atoms with Crippen molar-refractivity contribution in [3.63, 3.8) is 0 Å². The van der Waals surface area contributed by atoms with Gasteiger partial charge in [0.1, 0.15) is 6.04 Å². The van der Waals surface area contributed by atoms with E-state index in [2.05, 4.69) is 24.5 Å². The molecule has 0 spiro atoms. The second-order valence-electron chi connectivity index (χ2n) is 5.15. The van der Waals surface area contributed by atoms with Gasteiger partial charge >= 0.3 is 0 Å². The van der Waals surface area contributed by atoms with E-state index in [1.165, 1.54) is 0 Å². The molecule has 0 aromatic carbocycles. The molecular formula is C11H22ClN3O2S. The van der Waals surface area contributed by atoms with Crippen molar-refractivity contribution in [1.82, 2.24) is 10.6 Å². The van der Waals surface area contributed by atoms with Crippen LogP contribution in [0.1, 0.15) is 27.2 Å². The van der Waals surface area contributed by atoms with Crippen LogP contribution in [-0.2, 0) is 4.79 Å². The summed E-state index contributed by atoms with van der Waals surface area (Å²) >= 11 is 1.14. The van der Waals surface area contributed by atoms with Gasteiger partial charge in [0.15, 0.2) is 0 Å². The maximum absolute atomic E-state index is 12.0. The number of thioether (sulfide) groups is 1. The van der Waals surface area contributed by atoms with Gasteiger partial charge in [-0.3, -0.25) is 9.59 Å². The molecule has 106 valence electrons. The van der Waals surface area contributed by atoms with E-state index in [4.69, 9.17) is 5.73 Å². The normalized spacial score (nSPS) is 22.1. The number of halogens is 1. The van der Waals surface area contributed by atoms with Crippen molar-refractivity contribution in [2.24, 2.45) is 11.7 Å². The van der Waals surface area contributed by atoms with Crippen molar-refractivity contribution >= 4 is 35.3 Å². The molecule has 0 aliphatic carbocycles. The third-order valence-corrected chi connectivity index (χ3v) is 3.60. The highest BCUT2D eigenvalue weighted by Gasteiger charge is 2.33. The Bertz CT molecular complexity index is 315. The van der Waals surface area contributed by atoms with Crippen LogP contribution in [-0.4, -0.2) is 35.0 Å². The van der Waals surface area contributed by atoms with Crippen molar-refractivity contribution in [2.45, 2.75) is 38.8 Å². The first-order valence-corrected chi connectivity index (χ1v) is 6.80. The molecule has 4 N–H and O–H groups in total. The smallest absolute Gasteiger partial charge is 0.279 e. The molecule has 1 saturated heterocycles. The standard InChI is InChI=1S/C11H21N3O2S.ClH/c1-7(2)4-11(3,6-12)14-9(15)8-5-17-10(16)13-8;/h7-8H,4-6,12H2,1-3H3,(H,13,16)(H,14,15);1H/t8-,11?;/m0./s1. The van der Waals surface area contributed by atoms with E-state index >= 15 is 0 Å². The van der Waals surface area contributed by atoms with Gasteiger partial charge < -0.3 is 16.4 Å². The Labute approximate surface area is 118 Å². The van der Waals surface area contributed by atoms with Crippen LogP contribution in [0.2, 0.25) is 0 Å². The monoisotopic (exact) mass is 295 g/mol. The number of hydrogen-bond donors (Lipinski definition) is 3. The predicted octanol–water partition coefficient (Wildman–Crippen LogP) is 1.11. The highest BCUT2D eigenvalue weighted by molar-refractivity contribution is 8.14. The Hall–Kier alpha value is -0.460. The van der Waals surface area contributed by atoms with Crippen LogP contribution in [0.15, 0.2) is 0 Å². The zero-order valence-electron chi connectivity index (χ0n) is 11.0. The van der Waals surface area contributed by atoms with E-state index in [1.54, 1.807) is 0 Å². The molecule has 0 saturated carbocycles. The van der Waals surface area contributed by atoms with E-state index in [0.29, 0.717) is 18.2 Å². The molecule has 2 amide bonds. The summed E-state index contributed by atoms with van der Waals surface area (Å²) in [6.07, 6.45) is 0.822. The van der Waals surface area contributed by atoms with Gasteiger partial charge in [-0.15, -0.1) is 12.4 Å². The van der Waals surface area contributed by atoms with Gasteiger partial charge in [0.25, 0.3) is 5.24 Å². The van der Waals surface area contributed by atoms with Crippen LogP contribution < -0.4 is 16.4 Å². The Morgan fingerprint density at radius 1 is 1.67 bits per heavy atom. The van der Waals surface area contributed by atoms with Crippen molar-refractivity contribution < 1.29 is 9.59 Å². The Balaban J connectivity index is 0.00000289. The van der Waals surface area contributed by atoms with Crippen molar-refractivity contribution in [2.75, 3.05) is 12.3 Å². The molecule has 0 aromatic rings. The summed E-state index contributed by atoms with van der Waals surface area (Å²) in [6.45, 7) is 6.51. The molecule has 2 atom stereocenters. The predicted molar refractivity (Wildman–Crippen MR) is 77.1 cm³/mol. The van der Waals surface area contributed by atoms with Crippen LogP contribution in [0.5, 0.6) is 0 Å². The summed E-state index contributed by atoms with van der Waals surface area (Å²) in [5, 5.41) is 5.43. The maximum Gasteiger partial charge on any atom is 0.279 e. The van der Waals surface area contributed by atoms with E-state index in [0.717, 1.165) is 18.2 Å². The van der Waals surface area contributed by atoms with Crippen LogP contribution in [0.4, 0.5) is 4.79 Å². The zero-order valence-corrected chi connectivity index (χ0v) is 12.6. The van der Waals surface area contributed by atoms with Gasteiger partial charge in [-0.25, -0.2) is 0 Å². The highest BCUT2D eigenvalue weighted by Crippen LogP contribution is 2.17. The maximum atomic E-state index is 12.0. The molecule has 1 aliphatic heterocycles. The first-order valence-electron chi connectivity index (χ1n) is 5.81. The molecule has 0 bridgehead atoms. The number of hydrogen-bond acceptors (Lipinski definition) is 4. The van der Waals surface area contributed by atoms with Crippen molar-refractivity contribution in [3.05, 3.63) is 0 Å². The summed E-state index contributed by atoms with van der Waals surface area (Å²) in [5.74, 6) is 0.806. The fourth-order valence-electron chi connectivity index (χ4n) is 2.00. The van der Waals surface area contributed by atoms with Gasteiger partial charge in [-0.2, -0.15) is 0 Å². The zero-order chi connectivity index (χ0) is 13.1. The number of rotatable bonds is 5. The van der Waals surface area contributed by atoms with E-state index in [9.17, 15) is 9.59 Å². The first-order chi connectivity index (χ1) is 7.86. The van der Waals surface area contributed by atoms with Crippen LogP contribution in [0.25, 0.3) is 0 Å². The summed E-state index contributed by atoms with van der Waals surface area (Å²) < 4.78 is 0. The van der Waals surface area contributed by atoms with Gasteiger partial charge in [0.05, 0.1) is 0 Å². The highest BCUT2D eigenvalue weighted by atomic mass is 35.5. The summed E-state index contributed by atoms with van der Waals surface area (Å²) in [5.41, 5.74) is 5.32. The topological polar surface area (TPSA) is 84.2 Å². The number of nitrogens with two attached hydrogens (primary N) is 1. The molecule has 7 heteroatoms. The first kappa shape index (κ1) is 17.5. The average molecular weight is 296 g/mol. The summed E-state index contributed by atoms with van der Waals surface area (Å²) in [7, 11) is 0. The third-order valence-electron chi connectivity index (χ3n) is 2.72. The summed E-state index contributed by atoms with van der Waals surface area (Å²) in [4.78, 5) is 23.0. The van der Waals surface area contributed by atoms with Gasteiger partial charge in [0.2, 0.25) is 5.91 Å². The fraction of sp³-hybridized carbons (Fsp3) is 0.818. The molecule has 1 aliphatic rings.